The quantitative estimate of drug-likeness (QED) is 0.739. The molecule has 0 aliphatic rings. The molecule has 0 unspecified atom stereocenters. The Balaban J connectivity index is 3.05. The maximum Gasteiger partial charge on any atom is 0.146 e. The van der Waals surface area contributed by atoms with Gasteiger partial charge in [0.2, 0.25) is 0 Å². The van der Waals surface area contributed by atoms with Gasteiger partial charge in [0.25, 0.3) is 0 Å². The highest BCUT2D eigenvalue weighted by atomic mass is 19.1. The average molecular weight is 197 g/mol. The highest BCUT2D eigenvalue weighted by molar-refractivity contribution is 5.34. The molecule has 1 rings (SSSR count). The Morgan fingerprint density at radius 1 is 1.36 bits per heavy atom. The van der Waals surface area contributed by atoms with Crippen molar-refractivity contribution in [3.8, 4) is 0 Å². The van der Waals surface area contributed by atoms with E-state index in [-0.39, 0.29) is 0 Å². The smallest absolute Gasteiger partial charge is 0.146 e. The van der Waals surface area contributed by atoms with E-state index in [0.717, 1.165) is 5.82 Å². The van der Waals surface area contributed by atoms with Gasteiger partial charge >= 0.3 is 0 Å². The Labute approximate surface area is 84.0 Å². The van der Waals surface area contributed by atoms with Crippen LogP contribution < -0.4 is 4.90 Å². The second-order valence-corrected chi connectivity index (χ2v) is 4.17. The molecule has 0 saturated heterocycles. The van der Waals surface area contributed by atoms with Crippen LogP contribution in [0.2, 0.25) is 0 Å². The Morgan fingerprint density at radius 3 is 2.50 bits per heavy atom. The van der Waals surface area contributed by atoms with Crippen molar-refractivity contribution in [3.63, 3.8) is 0 Å². The van der Waals surface area contributed by atoms with E-state index in [1.54, 1.807) is 12.4 Å². The minimum absolute atomic E-state index is 0.432. The molecule has 3 nitrogen and oxygen atoms in total. The largest absolute Gasteiger partial charge is 0.361 e. The summed E-state index contributed by atoms with van der Waals surface area (Å²) < 4.78 is 12.7. The van der Waals surface area contributed by atoms with Crippen molar-refractivity contribution >= 4 is 5.82 Å². The van der Waals surface area contributed by atoms with Gasteiger partial charge in [-0.3, -0.25) is 9.37 Å². The lowest BCUT2D eigenvalue weighted by molar-refractivity contribution is 0.343. The van der Waals surface area contributed by atoms with Crippen LogP contribution in [0.4, 0.5) is 10.2 Å². The Hall–Kier alpha value is -1.19. The van der Waals surface area contributed by atoms with Gasteiger partial charge in [-0.25, -0.2) is 4.98 Å². The van der Waals surface area contributed by atoms with Crippen LogP contribution in [-0.2, 0) is 5.41 Å². The van der Waals surface area contributed by atoms with E-state index < -0.39 is 12.1 Å². The van der Waals surface area contributed by atoms with Crippen LogP contribution in [0.5, 0.6) is 0 Å². The van der Waals surface area contributed by atoms with Gasteiger partial charge < -0.3 is 4.90 Å². The highest BCUT2D eigenvalue weighted by Gasteiger charge is 2.22. The van der Waals surface area contributed by atoms with E-state index in [9.17, 15) is 4.39 Å². The van der Waals surface area contributed by atoms with Crippen LogP contribution in [0.25, 0.3) is 0 Å². The van der Waals surface area contributed by atoms with Gasteiger partial charge in [0, 0.05) is 25.7 Å². The third kappa shape index (κ3) is 2.19. The fourth-order valence-corrected chi connectivity index (χ4v) is 0.966. The molecule has 0 aliphatic carbocycles. The lowest BCUT2D eigenvalue weighted by Gasteiger charge is -2.21. The van der Waals surface area contributed by atoms with Crippen LogP contribution >= 0.6 is 0 Å². The molecule has 0 fully saturated rings. The summed E-state index contributed by atoms with van der Waals surface area (Å²) in [4.78, 5) is 10.2. The summed E-state index contributed by atoms with van der Waals surface area (Å²) >= 11 is 0. The molecule has 4 heteroatoms. The van der Waals surface area contributed by atoms with Crippen molar-refractivity contribution in [2.45, 2.75) is 19.3 Å². The number of halogens is 1. The molecular formula is C10H16FN3. The monoisotopic (exact) mass is 197 g/mol. The molecule has 0 atom stereocenters. The summed E-state index contributed by atoms with van der Waals surface area (Å²) in [5, 5.41) is 0. The molecule has 0 saturated carbocycles. The molecule has 0 aliphatic heterocycles. The normalized spacial score (nSPS) is 11.5. The average Bonchev–Trinajstić information content (AvgIpc) is 2.18. The van der Waals surface area contributed by atoms with Crippen molar-refractivity contribution in [2.24, 2.45) is 0 Å². The molecule has 0 bridgehead atoms. The zero-order chi connectivity index (χ0) is 10.8. The number of anilines is 1. The van der Waals surface area contributed by atoms with Crippen LogP contribution in [0.3, 0.4) is 0 Å². The first-order valence-electron chi connectivity index (χ1n) is 4.53. The van der Waals surface area contributed by atoms with Gasteiger partial charge in [-0.15, -0.1) is 0 Å². The van der Waals surface area contributed by atoms with Gasteiger partial charge in [0.1, 0.15) is 12.5 Å². The predicted molar refractivity (Wildman–Crippen MR) is 55.4 cm³/mol. The van der Waals surface area contributed by atoms with Gasteiger partial charge in [0.05, 0.1) is 11.9 Å². The molecule has 0 amide bonds. The molecule has 14 heavy (non-hydrogen) atoms. The molecule has 0 radical (unpaired) electrons. The summed E-state index contributed by atoms with van der Waals surface area (Å²) in [6.07, 6.45) is 3.28. The van der Waals surface area contributed by atoms with Crippen LogP contribution in [-0.4, -0.2) is 30.7 Å². The molecule has 0 N–H and O–H groups in total. The predicted octanol–water partition coefficient (Wildman–Crippen LogP) is 1.79. The first-order valence-corrected chi connectivity index (χ1v) is 4.53. The number of aromatic nitrogens is 2. The molecule has 1 aromatic rings. The van der Waals surface area contributed by atoms with Crippen molar-refractivity contribution in [1.29, 1.82) is 0 Å². The maximum absolute atomic E-state index is 12.7. The van der Waals surface area contributed by atoms with Crippen molar-refractivity contribution in [3.05, 3.63) is 18.1 Å². The Morgan fingerprint density at radius 2 is 2.00 bits per heavy atom. The fraction of sp³-hybridized carbons (Fsp3) is 0.600. The van der Waals surface area contributed by atoms with Crippen molar-refractivity contribution in [1.82, 2.24) is 9.97 Å². The molecule has 1 heterocycles. The SMILES string of the molecule is CN(C)c1cncc(C(C)(C)CF)n1. The van der Waals surface area contributed by atoms with Gasteiger partial charge in [-0.05, 0) is 0 Å². The van der Waals surface area contributed by atoms with E-state index in [1.165, 1.54) is 0 Å². The van der Waals surface area contributed by atoms with E-state index in [2.05, 4.69) is 9.97 Å². The van der Waals surface area contributed by atoms with Crippen LogP contribution in [0, 0.1) is 0 Å². The first kappa shape index (κ1) is 10.9. The Kier molecular flexibility index (Phi) is 3.03. The minimum Gasteiger partial charge on any atom is -0.361 e. The summed E-state index contributed by atoms with van der Waals surface area (Å²) in [6, 6.07) is 0. The standard InChI is InChI=1S/C10H16FN3/c1-10(2,7-11)8-5-12-6-9(13-8)14(3)4/h5-6H,7H2,1-4H3. The van der Waals surface area contributed by atoms with Crippen molar-refractivity contribution in [2.75, 3.05) is 25.7 Å². The lowest BCUT2D eigenvalue weighted by Crippen LogP contribution is -2.23. The molecular weight excluding hydrogens is 181 g/mol. The van der Waals surface area contributed by atoms with E-state index in [1.807, 2.05) is 32.8 Å². The van der Waals surface area contributed by atoms with Gasteiger partial charge in [-0.2, -0.15) is 0 Å². The van der Waals surface area contributed by atoms with Crippen molar-refractivity contribution < 1.29 is 4.39 Å². The second kappa shape index (κ2) is 3.90. The number of hydrogen-bond donors (Lipinski definition) is 0. The summed E-state index contributed by atoms with van der Waals surface area (Å²) in [6.45, 7) is 3.20. The van der Waals surface area contributed by atoms with E-state index in [4.69, 9.17) is 0 Å². The first-order chi connectivity index (χ1) is 6.47. The highest BCUT2D eigenvalue weighted by Crippen LogP contribution is 2.22. The number of nitrogens with zero attached hydrogens (tertiary/aromatic N) is 3. The molecule has 1 aromatic heterocycles. The minimum atomic E-state index is -0.557. The third-order valence-electron chi connectivity index (χ3n) is 2.11. The topological polar surface area (TPSA) is 29.0 Å². The van der Waals surface area contributed by atoms with Gasteiger partial charge in [0.15, 0.2) is 0 Å². The second-order valence-electron chi connectivity index (χ2n) is 4.17. The van der Waals surface area contributed by atoms with Crippen LogP contribution in [0.15, 0.2) is 12.4 Å². The summed E-state index contributed by atoms with van der Waals surface area (Å²) in [7, 11) is 3.77. The number of alkyl halides is 1. The molecule has 0 aromatic carbocycles. The Bertz CT molecular complexity index is 310. The van der Waals surface area contributed by atoms with Crippen LogP contribution in [0.1, 0.15) is 19.5 Å². The van der Waals surface area contributed by atoms with E-state index in [0.29, 0.717) is 5.69 Å². The van der Waals surface area contributed by atoms with E-state index >= 15 is 0 Å². The fourth-order valence-electron chi connectivity index (χ4n) is 0.966. The number of rotatable bonds is 3. The zero-order valence-electron chi connectivity index (χ0n) is 9.08. The third-order valence-corrected chi connectivity index (χ3v) is 2.11. The summed E-state index contributed by atoms with van der Waals surface area (Å²) in [5.74, 6) is 0.754. The number of hydrogen-bond acceptors (Lipinski definition) is 3. The lowest BCUT2D eigenvalue weighted by atomic mass is 9.91. The summed E-state index contributed by atoms with van der Waals surface area (Å²) in [5.41, 5.74) is 0.130. The zero-order valence-corrected chi connectivity index (χ0v) is 9.08. The molecule has 78 valence electrons. The van der Waals surface area contributed by atoms with Gasteiger partial charge in [-0.1, -0.05) is 13.8 Å². The molecule has 0 spiro atoms. The maximum atomic E-state index is 12.7.